The van der Waals surface area contributed by atoms with E-state index in [1.807, 2.05) is 0 Å². The molecule has 0 aromatic heterocycles. The number of carbonyl (C=O) groups is 1. The van der Waals surface area contributed by atoms with Gasteiger partial charge in [0, 0.05) is 13.1 Å². The van der Waals surface area contributed by atoms with E-state index in [2.05, 4.69) is 17.2 Å². The lowest BCUT2D eigenvalue weighted by molar-refractivity contribution is -0.138. The number of hydrogen-bond donors (Lipinski definition) is 4. The van der Waals surface area contributed by atoms with Gasteiger partial charge in [-0.25, -0.2) is 0 Å². The minimum atomic E-state index is -0.973. The molecule has 6 nitrogen and oxygen atoms in total. The highest BCUT2D eigenvalue weighted by molar-refractivity contribution is 5.77. The Labute approximate surface area is 102 Å². The van der Waals surface area contributed by atoms with Gasteiger partial charge in [-0.3, -0.25) is 9.79 Å². The zero-order valence-corrected chi connectivity index (χ0v) is 10.5. The van der Waals surface area contributed by atoms with Crippen LogP contribution < -0.4 is 16.8 Å². The first-order valence-electron chi connectivity index (χ1n) is 6.10. The molecule has 0 aliphatic carbocycles. The van der Waals surface area contributed by atoms with Crippen LogP contribution in [0.3, 0.4) is 0 Å². The topological polar surface area (TPSA) is 114 Å². The quantitative estimate of drug-likeness (QED) is 0.264. The second kappa shape index (κ2) is 9.89. The summed E-state index contributed by atoms with van der Waals surface area (Å²) in [7, 11) is 0. The van der Waals surface area contributed by atoms with Crippen LogP contribution in [0.1, 0.15) is 39.0 Å². The van der Waals surface area contributed by atoms with Crippen LogP contribution in [-0.2, 0) is 4.79 Å². The van der Waals surface area contributed by atoms with E-state index in [0.29, 0.717) is 25.3 Å². The zero-order valence-electron chi connectivity index (χ0n) is 10.5. The SMILES string of the molecule is CCCCCNC(N)=NCCCC(N)C(=O)O. The highest BCUT2D eigenvalue weighted by atomic mass is 16.4. The molecule has 17 heavy (non-hydrogen) atoms. The maximum Gasteiger partial charge on any atom is 0.320 e. The van der Waals surface area contributed by atoms with Crippen molar-refractivity contribution in [3.8, 4) is 0 Å². The molecule has 0 spiro atoms. The van der Waals surface area contributed by atoms with Gasteiger partial charge in [0.25, 0.3) is 0 Å². The van der Waals surface area contributed by atoms with Crippen molar-refractivity contribution in [1.82, 2.24) is 5.32 Å². The molecule has 0 saturated carbocycles. The summed E-state index contributed by atoms with van der Waals surface area (Å²) in [6.07, 6.45) is 4.48. The molecule has 0 saturated heterocycles. The number of hydrogen-bond acceptors (Lipinski definition) is 3. The third-order valence-corrected chi connectivity index (χ3v) is 2.36. The summed E-state index contributed by atoms with van der Waals surface area (Å²) in [5.74, 6) is -0.551. The monoisotopic (exact) mass is 244 g/mol. The van der Waals surface area contributed by atoms with Gasteiger partial charge in [-0.15, -0.1) is 0 Å². The van der Waals surface area contributed by atoms with E-state index in [0.717, 1.165) is 13.0 Å². The molecule has 0 aromatic carbocycles. The molecule has 0 aliphatic rings. The first-order chi connectivity index (χ1) is 8.07. The third kappa shape index (κ3) is 9.62. The second-order valence-corrected chi connectivity index (χ2v) is 3.99. The molecule has 100 valence electrons. The number of nitrogens with one attached hydrogen (secondary N) is 1. The van der Waals surface area contributed by atoms with Crippen molar-refractivity contribution >= 4 is 11.9 Å². The number of aliphatic carboxylic acids is 1. The van der Waals surface area contributed by atoms with E-state index in [1.54, 1.807) is 0 Å². The third-order valence-electron chi connectivity index (χ3n) is 2.36. The second-order valence-electron chi connectivity index (χ2n) is 3.99. The van der Waals surface area contributed by atoms with Crippen LogP contribution in [0, 0.1) is 0 Å². The maximum absolute atomic E-state index is 10.4. The molecule has 0 aromatic rings. The fourth-order valence-electron chi connectivity index (χ4n) is 1.28. The lowest BCUT2D eigenvalue weighted by Gasteiger charge is -2.06. The van der Waals surface area contributed by atoms with Crippen LogP contribution >= 0.6 is 0 Å². The molecule has 0 amide bonds. The Balaban J connectivity index is 3.52. The van der Waals surface area contributed by atoms with Gasteiger partial charge in [-0.2, -0.15) is 0 Å². The summed E-state index contributed by atoms with van der Waals surface area (Å²) in [4.78, 5) is 14.5. The molecule has 6 N–H and O–H groups in total. The highest BCUT2D eigenvalue weighted by Crippen LogP contribution is 1.95. The van der Waals surface area contributed by atoms with E-state index in [1.165, 1.54) is 12.8 Å². The molecule has 0 fully saturated rings. The summed E-state index contributed by atoms with van der Waals surface area (Å²) in [6, 6.07) is -0.802. The van der Waals surface area contributed by atoms with Crippen molar-refractivity contribution in [2.45, 2.75) is 45.1 Å². The number of carboxylic acids is 1. The summed E-state index contributed by atoms with van der Waals surface area (Å²) >= 11 is 0. The molecule has 0 heterocycles. The molecule has 0 aliphatic heterocycles. The number of carboxylic acid groups (broad SMARTS) is 1. The van der Waals surface area contributed by atoms with E-state index in [4.69, 9.17) is 16.6 Å². The minimum Gasteiger partial charge on any atom is -0.480 e. The van der Waals surface area contributed by atoms with Crippen LogP contribution in [0.2, 0.25) is 0 Å². The Bertz CT molecular complexity index is 244. The average molecular weight is 244 g/mol. The van der Waals surface area contributed by atoms with Crippen LogP contribution in [-0.4, -0.2) is 36.2 Å². The Morgan fingerprint density at radius 3 is 2.71 bits per heavy atom. The predicted molar refractivity (Wildman–Crippen MR) is 68.9 cm³/mol. The number of aliphatic imine (C=N–C) groups is 1. The first kappa shape index (κ1) is 15.7. The molecule has 0 bridgehead atoms. The standard InChI is InChI=1S/C11H24N4O2/c1-2-3-4-7-14-11(13)15-8-5-6-9(12)10(16)17/h9H,2-8,12H2,1H3,(H,16,17)(H3,13,14,15). The van der Waals surface area contributed by atoms with Gasteiger partial charge in [-0.05, 0) is 19.3 Å². The lowest BCUT2D eigenvalue weighted by Crippen LogP contribution is -2.33. The van der Waals surface area contributed by atoms with Gasteiger partial charge in [-0.1, -0.05) is 19.8 Å². The lowest BCUT2D eigenvalue weighted by atomic mass is 10.2. The van der Waals surface area contributed by atoms with E-state index >= 15 is 0 Å². The average Bonchev–Trinajstić information content (AvgIpc) is 2.29. The minimum absolute atomic E-state index is 0.419. The molecule has 0 rings (SSSR count). The Kier molecular flexibility index (Phi) is 9.14. The summed E-state index contributed by atoms with van der Waals surface area (Å²) < 4.78 is 0. The van der Waals surface area contributed by atoms with Crippen LogP contribution in [0.5, 0.6) is 0 Å². The van der Waals surface area contributed by atoms with Crippen LogP contribution in [0.15, 0.2) is 4.99 Å². The molecular weight excluding hydrogens is 220 g/mol. The smallest absolute Gasteiger partial charge is 0.320 e. The Hall–Kier alpha value is -1.30. The van der Waals surface area contributed by atoms with Crippen molar-refractivity contribution in [1.29, 1.82) is 0 Å². The van der Waals surface area contributed by atoms with Gasteiger partial charge >= 0.3 is 5.97 Å². The van der Waals surface area contributed by atoms with Gasteiger partial charge < -0.3 is 21.9 Å². The number of nitrogens with two attached hydrogens (primary N) is 2. The van der Waals surface area contributed by atoms with Crippen LogP contribution in [0.25, 0.3) is 0 Å². The molecule has 6 heteroatoms. The van der Waals surface area contributed by atoms with E-state index in [9.17, 15) is 4.79 Å². The van der Waals surface area contributed by atoms with Crippen molar-refractivity contribution < 1.29 is 9.90 Å². The van der Waals surface area contributed by atoms with Gasteiger partial charge in [0.05, 0.1) is 0 Å². The number of guanidine groups is 1. The largest absolute Gasteiger partial charge is 0.480 e. The van der Waals surface area contributed by atoms with Crippen molar-refractivity contribution in [3.05, 3.63) is 0 Å². The summed E-state index contributed by atoms with van der Waals surface area (Å²) in [5.41, 5.74) is 11.0. The van der Waals surface area contributed by atoms with Gasteiger partial charge in [0.1, 0.15) is 6.04 Å². The van der Waals surface area contributed by atoms with Crippen molar-refractivity contribution in [2.24, 2.45) is 16.5 Å². The van der Waals surface area contributed by atoms with Crippen molar-refractivity contribution in [3.63, 3.8) is 0 Å². The molecule has 1 unspecified atom stereocenters. The van der Waals surface area contributed by atoms with E-state index < -0.39 is 12.0 Å². The number of rotatable bonds is 9. The molecule has 1 atom stereocenters. The number of unbranched alkanes of at least 4 members (excludes halogenated alkanes) is 2. The fourth-order valence-corrected chi connectivity index (χ4v) is 1.28. The Morgan fingerprint density at radius 2 is 2.12 bits per heavy atom. The molecule has 0 radical (unpaired) electrons. The first-order valence-corrected chi connectivity index (χ1v) is 6.10. The fraction of sp³-hybridized carbons (Fsp3) is 0.818. The Morgan fingerprint density at radius 1 is 1.41 bits per heavy atom. The number of nitrogens with zero attached hydrogens (tertiary/aromatic N) is 1. The van der Waals surface area contributed by atoms with Crippen molar-refractivity contribution in [2.75, 3.05) is 13.1 Å². The predicted octanol–water partition coefficient (Wildman–Crippen LogP) is 0.273. The summed E-state index contributed by atoms with van der Waals surface area (Å²) in [6.45, 7) is 3.48. The van der Waals surface area contributed by atoms with E-state index in [-0.39, 0.29) is 0 Å². The van der Waals surface area contributed by atoms with Crippen LogP contribution in [0.4, 0.5) is 0 Å². The normalized spacial score (nSPS) is 13.4. The zero-order chi connectivity index (χ0) is 13.1. The van der Waals surface area contributed by atoms with Gasteiger partial charge in [0.15, 0.2) is 5.96 Å². The van der Waals surface area contributed by atoms with Gasteiger partial charge in [0.2, 0.25) is 0 Å². The highest BCUT2D eigenvalue weighted by Gasteiger charge is 2.09. The molecular formula is C11H24N4O2. The summed E-state index contributed by atoms with van der Waals surface area (Å²) in [5, 5.41) is 11.6. The maximum atomic E-state index is 10.4.